The van der Waals surface area contributed by atoms with E-state index in [-0.39, 0.29) is 5.75 Å². The number of benzene rings is 1. The molecule has 0 aliphatic carbocycles. The van der Waals surface area contributed by atoms with Crippen LogP contribution < -0.4 is 5.73 Å². The first kappa shape index (κ1) is 14.5. The van der Waals surface area contributed by atoms with E-state index in [4.69, 9.17) is 5.73 Å². The number of nitrogens with two attached hydrogens (primary N) is 1. The fourth-order valence-electron chi connectivity index (χ4n) is 2.14. The van der Waals surface area contributed by atoms with Gasteiger partial charge in [0.2, 0.25) is 10.0 Å². The van der Waals surface area contributed by atoms with Gasteiger partial charge in [0.05, 0.1) is 5.75 Å². The van der Waals surface area contributed by atoms with Gasteiger partial charge in [0, 0.05) is 32.7 Å². The van der Waals surface area contributed by atoms with E-state index in [1.54, 1.807) is 4.31 Å². The molecule has 19 heavy (non-hydrogen) atoms. The van der Waals surface area contributed by atoms with E-state index in [0.717, 1.165) is 24.2 Å². The van der Waals surface area contributed by atoms with Crippen LogP contribution in [-0.2, 0) is 22.3 Å². The van der Waals surface area contributed by atoms with Crippen LogP contribution in [0.15, 0.2) is 24.3 Å². The number of rotatable bonds is 4. The van der Waals surface area contributed by atoms with Crippen molar-refractivity contribution in [3.63, 3.8) is 0 Å². The van der Waals surface area contributed by atoms with Gasteiger partial charge in [-0.25, -0.2) is 8.42 Å². The quantitative estimate of drug-likeness (QED) is 0.858. The minimum Gasteiger partial charge on any atom is -0.326 e. The lowest BCUT2D eigenvalue weighted by Crippen LogP contribution is -2.47. The summed E-state index contributed by atoms with van der Waals surface area (Å²) in [6.45, 7) is 3.24. The van der Waals surface area contributed by atoms with Gasteiger partial charge in [0.1, 0.15) is 0 Å². The van der Waals surface area contributed by atoms with Gasteiger partial charge in [0.25, 0.3) is 0 Å². The third-order valence-corrected chi connectivity index (χ3v) is 5.31. The highest BCUT2D eigenvalue weighted by Gasteiger charge is 2.25. The van der Waals surface area contributed by atoms with Crippen molar-refractivity contribution in [3.05, 3.63) is 35.4 Å². The smallest absolute Gasteiger partial charge is 0.218 e. The fraction of sp³-hybridized carbons (Fsp3) is 0.538. The molecule has 1 aliphatic rings. The lowest BCUT2D eigenvalue weighted by atomic mass is 10.1. The molecule has 2 N–H and O–H groups in total. The molecular weight excluding hydrogens is 262 g/mol. The molecule has 1 fully saturated rings. The molecule has 0 spiro atoms. The Morgan fingerprint density at radius 3 is 2.11 bits per heavy atom. The SMILES string of the molecule is CN1CCN(S(=O)(=O)Cc2ccc(CN)cc2)CC1. The van der Waals surface area contributed by atoms with Crippen LogP contribution in [0.4, 0.5) is 0 Å². The average Bonchev–Trinajstić information content (AvgIpc) is 2.40. The van der Waals surface area contributed by atoms with Crippen molar-refractivity contribution < 1.29 is 8.42 Å². The van der Waals surface area contributed by atoms with Crippen molar-refractivity contribution in [3.8, 4) is 0 Å². The fourth-order valence-corrected chi connectivity index (χ4v) is 3.66. The monoisotopic (exact) mass is 283 g/mol. The molecule has 1 aromatic carbocycles. The Hall–Kier alpha value is -0.950. The van der Waals surface area contributed by atoms with Crippen LogP contribution in [-0.4, -0.2) is 50.8 Å². The van der Waals surface area contributed by atoms with Crippen molar-refractivity contribution in [2.24, 2.45) is 5.73 Å². The predicted octanol–water partition coefficient (Wildman–Crippen LogP) is 0.223. The molecule has 6 heteroatoms. The first-order valence-electron chi connectivity index (χ1n) is 6.45. The summed E-state index contributed by atoms with van der Waals surface area (Å²) in [5, 5.41) is 0. The predicted molar refractivity (Wildman–Crippen MR) is 76.0 cm³/mol. The minimum atomic E-state index is -3.20. The maximum atomic E-state index is 12.3. The maximum absolute atomic E-state index is 12.3. The summed E-state index contributed by atoms with van der Waals surface area (Å²) in [5.41, 5.74) is 7.36. The van der Waals surface area contributed by atoms with Crippen LogP contribution in [0.25, 0.3) is 0 Å². The molecule has 1 aliphatic heterocycles. The summed E-state index contributed by atoms with van der Waals surface area (Å²) in [5.74, 6) is 0.0710. The van der Waals surface area contributed by atoms with Crippen molar-refractivity contribution in [1.29, 1.82) is 0 Å². The van der Waals surface area contributed by atoms with Gasteiger partial charge in [-0.3, -0.25) is 0 Å². The summed E-state index contributed by atoms with van der Waals surface area (Å²) in [4.78, 5) is 2.14. The summed E-state index contributed by atoms with van der Waals surface area (Å²) >= 11 is 0. The number of likely N-dealkylation sites (N-methyl/N-ethyl adjacent to an activating group) is 1. The van der Waals surface area contributed by atoms with Crippen LogP contribution in [0.1, 0.15) is 11.1 Å². The van der Waals surface area contributed by atoms with E-state index in [9.17, 15) is 8.42 Å². The molecule has 0 amide bonds. The Morgan fingerprint density at radius 2 is 1.58 bits per heavy atom. The van der Waals surface area contributed by atoms with Gasteiger partial charge in [0.15, 0.2) is 0 Å². The highest BCUT2D eigenvalue weighted by atomic mass is 32.2. The van der Waals surface area contributed by atoms with E-state index in [2.05, 4.69) is 4.90 Å². The third kappa shape index (κ3) is 3.76. The van der Waals surface area contributed by atoms with Crippen molar-refractivity contribution in [2.75, 3.05) is 33.2 Å². The zero-order chi connectivity index (χ0) is 13.9. The molecule has 0 saturated carbocycles. The summed E-state index contributed by atoms with van der Waals surface area (Å²) < 4.78 is 26.2. The number of sulfonamides is 1. The van der Waals surface area contributed by atoms with Gasteiger partial charge < -0.3 is 10.6 Å². The second-order valence-corrected chi connectivity index (χ2v) is 6.95. The Kier molecular flexibility index (Phi) is 4.57. The number of piperazine rings is 1. The van der Waals surface area contributed by atoms with Crippen LogP contribution >= 0.6 is 0 Å². The highest BCUT2D eigenvalue weighted by Crippen LogP contribution is 2.13. The van der Waals surface area contributed by atoms with Gasteiger partial charge in [-0.15, -0.1) is 0 Å². The molecule has 0 bridgehead atoms. The summed E-state index contributed by atoms with van der Waals surface area (Å²) in [6, 6.07) is 7.45. The van der Waals surface area contributed by atoms with Crippen LogP contribution in [0.3, 0.4) is 0 Å². The van der Waals surface area contributed by atoms with Crippen LogP contribution in [0, 0.1) is 0 Å². The largest absolute Gasteiger partial charge is 0.326 e. The molecule has 1 aromatic rings. The van der Waals surface area contributed by atoms with Gasteiger partial charge in [-0.2, -0.15) is 4.31 Å². The van der Waals surface area contributed by atoms with Crippen molar-refractivity contribution in [1.82, 2.24) is 9.21 Å². The normalized spacial score (nSPS) is 18.6. The Morgan fingerprint density at radius 1 is 1.05 bits per heavy atom. The third-order valence-electron chi connectivity index (χ3n) is 3.46. The molecule has 0 aromatic heterocycles. The van der Waals surface area contributed by atoms with Gasteiger partial charge in [-0.05, 0) is 18.2 Å². The van der Waals surface area contributed by atoms with E-state index in [0.29, 0.717) is 19.6 Å². The molecule has 0 atom stereocenters. The van der Waals surface area contributed by atoms with Crippen LogP contribution in [0.5, 0.6) is 0 Å². The van der Waals surface area contributed by atoms with Crippen molar-refractivity contribution >= 4 is 10.0 Å². The van der Waals surface area contributed by atoms with E-state index < -0.39 is 10.0 Å². The topological polar surface area (TPSA) is 66.6 Å². The molecule has 106 valence electrons. The van der Waals surface area contributed by atoms with Crippen LogP contribution in [0.2, 0.25) is 0 Å². The second-order valence-electron chi connectivity index (χ2n) is 4.98. The molecule has 1 saturated heterocycles. The lowest BCUT2D eigenvalue weighted by Gasteiger charge is -2.31. The second kappa shape index (κ2) is 6.00. The average molecular weight is 283 g/mol. The standard InChI is InChI=1S/C13H21N3O2S/c1-15-6-8-16(9-7-15)19(17,18)11-13-4-2-12(10-14)3-5-13/h2-5H,6-11,14H2,1H3. The first-order valence-corrected chi connectivity index (χ1v) is 8.06. The summed E-state index contributed by atoms with van der Waals surface area (Å²) in [6.07, 6.45) is 0. The first-order chi connectivity index (χ1) is 9.01. The maximum Gasteiger partial charge on any atom is 0.218 e. The Bertz CT molecular complexity index is 505. The van der Waals surface area contributed by atoms with Crippen molar-refractivity contribution in [2.45, 2.75) is 12.3 Å². The molecule has 0 radical (unpaired) electrons. The number of hydrogen-bond donors (Lipinski definition) is 1. The van der Waals surface area contributed by atoms with E-state index in [1.165, 1.54) is 0 Å². The summed E-state index contributed by atoms with van der Waals surface area (Å²) in [7, 11) is -1.19. The Labute approximate surface area is 115 Å². The minimum absolute atomic E-state index is 0.0710. The van der Waals surface area contributed by atoms with E-state index in [1.807, 2.05) is 31.3 Å². The number of nitrogens with zero attached hydrogens (tertiary/aromatic N) is 2. The molecule has 5 nitrogen and oxygen atoms in total. The molecular formula is C13H21N3O2S. The zero-order valence-corrected chi connectivity index (χ0v) is 12.1. The lowest BCUT2D eigenvalue weighted by molar-refractivity contribution is 0.222. The molecule has 0 unspecified atom stereocenters. The zero-order valence-electron chi connectivity index (χ0n) is 11.2. The molecule has 2 rings (SSSR count). The highest BCUT2D eigenvalue weighted by molar-refractivity contribution is 7.88. The Balaban J connectivity index is 2.03. The van der Waals surface area contributed by atoms with Gasteiger partial charge >= 0.3 is 0 Å². The van der Waals surface area contributed by atoms with E-state index >= 15 is 0 Å². The molecule has 1 heterocycles. The number of hydrogen-bond acceptors (Lipinski definition) is 4. The van der Waals surface area contributed by atoms with Gasteiger partial charge in [-0.1, -0.05) is 24.3 Å².